The number of nitrogens with one attached hydrogen (secondary N) is 1. The third-order valence-corrected chi connectivity index (χ3v) is 3.44. The van der Waals surface area contributed by atoms with Gasteiger partial charge in [0.1, 0.15) is 10.3 Å². The first-order valence-corrected chi connectivity index (χ1v) is 6.59. The first-order chi connectivity index (χ1) is 8.61. The SMILES string of the molecule is COCc1nc(-c2cncc(Br)c2)[nH]c(=O)c1Br. The van der Waals surface area contributed by atoms with Crippen LogP contribution in [0.5, 0.6) is 0 Å². The van der Waals surface area contributed by atoms with Crippen molar-refractivity contribution in [1.82, 2.24) is 15.0 Å². The zero-order valence-electron chi connectivity index (χ0n) is 9.41. The molecule has 2 aromatic heterocycles. The summed E-state index contributed by atoms with van der Waals surface area (Å²) in [7, 11) is 1.55. The summed E-state index contributed by atoms with van der Waals surface area (Å²) >= 11 is 6.52. The number of halogens is 2. The molecule has 0 aromatic carbocycles. The van der Waals surface area contributed by atoms with Gasteiger partial charge in [-0.15, -0.1) is 0 Å². The maximum absolute atomic E-state index is 11.8. The molecule has 0 atom stereocenters. The molecule has 2 heterocycles. The number of aromatic amines is 1. The molecule has 0 fully saturated rings. The smallest absolute Gasteiger partial charge is 0.265 e. The van der Waals surface area contributed by atoms with Gasteiger partial charge in [-0.1, -0.05) is 0 Å². The van der Waals surface area contributed by atoms with Crippen LogP contribution in [-0.4, -0.2) is 22.1 Å². The molecule has 2 rings (SSSR count). The van der Waals surface area contributed by atoms with Gasteiger partial charge in [0.2, 0.25) is 0 Å². The van der Waals surface area contributed by atoms with Crippen LogP contribution in [0.4, 0.5) is 0 Å². The average Bonchev–Trinajstić information content (AvgIpc) is 2.35. The first-order valence-electron chi connectivity index (χ1n) is 5.00. The summed E-state index contributed by atoms with van der Waals surface area (Å²) in [4.78, 5) is 22.8. The van der Waals surface area contributed by atoms with E-state index < -0.39 is 0 Å². The summed E-state index contributed by atoms with van der Waals surface area (Å²) in [5.74, 6) is 0.462. The summed E-state index contributed by atoms with van der Waals surface area (Å²) in [5, 5.41) is 0. The van der Waals surface area contributed by atoms with Gasteiger partial charge >= 0.3 is 0 Å². The van der Waals surface area contributed by atoms with Gasteiger partial charge in [0.05, 0.1) is 12.3 Å². The Bertz CT molecular complexity index is 628. The van der Waals surface area contributed by atoms with Crippen molar-refractivity contribution in [1.29, 1.82) is 0 Å². The Labute approximate surface area is 120 Å². The summed E-state index contributed by atoms with van der Waals surface area (Å²) in [6, 6.07) is 1.83. The Morgan fingerprint density at radius 3 is 2.83 bits per heavy atom. The number of rotatable bonds is 3. The van der Waals surface area contributed by atoms with Crippen LogP contribution in [-0.2, 0) is 11.3 Å². The van der Waals surface area contributed by atoms with Gasteiger partial charge in [0, 0.05) is 29.5 Å². The van der Waals surface area contributed by atoms with Crippen molar-refractivity contribution in [3.8, 4) is 11.4 Å². The fourth-order valence-corrected chi connectivity index (χ4v) is 2.08. The molecule has 0 aliphatic rings. The van der Waals surface area contributed by atoms with Crippen LogP contribution in [0.3, 0.4) is 0 Å². The van der Waals surface area contributed by atoms with Crippen molar-refractivity contribution in [2.24, 2.45) is 0 Å². The van der Waals surface area contributed by atoms with Gasteiger partial charge in [0.25, 0.3) is 5.56 Å². The maximum Gasteiger partial charge on any atom is 0.265 e. The highest BCUT2D eigenvalue weighted by atomic mass is 79.9. The molecule has 0 aliphatic heterocycles. The second kappa shape index (κ2) is 5.73. The molecule has 0 unspecified atom stereocenters. The van der Waals surface area contributed by atoms with E-state index in [-0.39, 0.29) is 12.2 Å². The van der Waals surface area contributed by atoms with Gasteiger partial charge in [-0.05, 0) is 37.9 Å². The summed E-state index contributed by atoms with van der Waals surface area (Å²) in [5.41, 5.74) is 1.04. The van der Waals surface area contributed by atoms with E-state index in [0.29, 0.717) is 16.0 Å². The van der Waals surface area contributed by atoms with Crippen LogP contribution in [0.1, 0.15) is 5.69 Å². The first kappa shape index (κ1) is 13.4. The predicted molar refractivity (Wildman–Crippen MR) is 74.2 cm³/mol. The molecule has 1 N–H and O–H groups in total. The lowest BCUT2D eigenvalue weighted by atomic mass is 10.2. The van der Waals surface area contributed by atoms with Crippen molar-refractivity contribution >= 4 is 31.9 Å². The van der Waals surface area contributed by atoms with Crippen molar-refractivity contribution in [2.75, 3.05) is 7.11 Å². The zero-order chi connectivity index (χ0) is 13.1. The van der Waals surface area contributed by atoms with Gasteiger partial charge in [0.15, 0.2) is 0 Å². The van der Waals surface area contributed by atoms with E-state index in [2.05, 4.69) is 46.8 Å². The fourth-order valence-electron chi connectivity index (χ4n) is 1.42. The minimum absolute atomic E-state index is 0.243. The Morgan fingerprint density at radius 1 is 1.39 bits per heavy atom. The molecular formula is C11H9Br2N3O2. The largest absolute Gasteiger partial charge is 0.378 e. The van der Waals surface area contributed by atoms with Crippen LogP contribution in [0, 0.1) is 0 Å². The van der Waals surface area contributed by atoms with E-state index in [9.17, 15) is 4.79 Å². The lowest BCUT2D eigenvalue weighted by Crippen LogP contribution is -2.14. The molecule has 0 spiro atoms. The lowest BCUT2D eigenvalue weighted by molar-refractivity contribution is 0.180. The number of H-pyrrole nitrogens is 1. The Kier molecular flexibility index (Phi) is 4.26. The highest BCUT2D eigenvalue weighted by Crippen LogP contribution is 2.19. The number of hydrogen-bond acceptors (Lipinski definition) is 4. The van der Waals surface area contributed by atoms with Crippen LogP contribution >= 0.6 is 31.9 Å². The van der Waals surface area contributed by atoms with E-state index in [1.165, 1.54) is 0 Å². The van der Waals surface area contributed by atoms with Crippen LogP contribution in [0.2, 0.25) is 0 Å². The molecule has 5 nitrogen and oxygen atoms in total. The molecule has 94 valence electrons. The number of hydrogen-bond donors (Lipinski definition) is 1. The van der Waals surface area contributed by atoms with Crippen LogP contribution in [0.25, 0.3) is 11.4 Å². The van der Waals surface area contributed by atoms with E-state index >= 15 is 0 Å². The Balaban J connectivity index is 2.55. The summed E-state index contributed by atoms with van der Waals surface area (Å²) in [6.45, 7) is 0.263. The fraction of sp³-hybridized carbons (Fsp3) is 0.182. The van der Waals surface area contributed by atoms with Gasteiger partial charge in [-0.25, -0.2) is 4.98 Å². The van der Waals surface area contributed by atoms with Crippen molar-refractivity contribution < 1.29 is 4.74 Å². The number of ether oxygens (including phenoxy) is 1. The Hall–Kier alpha value is -1.05. The van der Waals surface area contributed by atoms with Crippen molar-refractivity contribution in [3.63, 3.8) is 0 Å². The van der Waals surface area contributed by atoms with Crippen molar-refractivity contribution in [3.05, 3.63) is 43.5 Å². The van der Waals surface area contributed by atoms with Crippen molar-refractivity contribution in [2.45, 2.75) is 6.61 Å². The molecule has 0 aliphatic carbocycles. The molecule has 0 saturated heterocycles. The van der Waals surface area contributed by atoms with E-state index in [0.717, 1.165) is 10.0 Å². The monoisotopic (exact) mass is 373 g/mol. The minimum Gasteiger partial charge on any atom is -0.378 e. The molecular weight excluding hydrogens is 366 g/mol. The average molecular weight is 375 g/mol. The van der Waals surface area contributed by atoms with Crippen LogP contribution < -0.4 is 5.56 Å². The van der Waals surface area contributed by atoms with Gasteiger partial charge in [-0.3, -0.25) is 9.78 Å². The molecule has 0 radical (unpaired) electrons. The quantitative estimate of drug-likeness (QED) is 0.896. The normalized spacial score (nSPS) is 10.6. The predicted octanol–water partition coefficient (Wildman–Crippen LogP) is 2.50. The Morgan fingerprint density at radius 2 is 2.17 bits per heavy atom. The highest BCUT2D eigenvalue weighted by molar-refractivity contribution is 9.10. The van der Waals surface area contributed by atoms with E-state index in [1.54, 1.807) is 19.5 Å². The molecule has 0 saturated carbocycles. The number of pyridine rings is 1. The van der Waals surface area contributed by atoms with E-state index in [1.807, 2.05) is 6.07 Å². The lowest BCUT2D eigenvalue weighted by Gasteiger charge is -2.06. The standard InChI is InChI=1S/C11H9Br2N3O2/c1-18-5-8-9(13)11(17)16-10(15-8)6-2-7(12)4-14-3-6/h2-4H,5H2,1H3,(H,15,16,17). The van der Waals surface area contributed by atoms with Gasteiger partial charge in [-0.2, -0.15) is 0 Å². The molecule has 2 aromatic rings. The zero-order valence-corrected chi connectivity index (χ0v) is 12.6. The molecule has 0 amide bonds. The van der Waals surface area contributed by atoms with Crippen LogP contribution in [0.15, 0.2) is 32.2 Å². The third kappa shape index (κ3) is 2.85. The number of aromatic nitrogens is 3. The molecule has 0 bridgehead atoms. The highest BCUT2D eigenvalue weighted by Gasteiger charge is 2.10. The number of nitrogens with zero attached hydrogens (tertiary/aromatic N) is 2. The molecule has 18 heavy (non-hydrogen) atoms. The maximum atomic E-state index is 11.8. The summed E-state index contributed by atoms with van der Waals surface area (Å²) < 4.78 is 6.21. The topological polar surface area (TPSA) is 67.9 Å². The second-order valence-corrected chi connectivity index (χ2v) is 5.21. The minimum atomic E-state index is -0.243. The number of methoxy groups -OCH3 is 1. The summed E-state index contributed by atoms with van der Waals surface area (Å²) in [6.07, 6.45) is 3.30. The third-order valence-electron chi connectivity index (χ3n) is 2.19. The van der Waals surface area contributed by atoms with Gasteiger partial charge < -0.3 is 9.72 Å². The van der Waals surface area contributed by atoms with E-state index in [4.69, 9.17) is 4.74 Å². The molecule has 7 heteroatoms. The second-order valence-electron chi connectivity index (χ2n) is 3.50.